The molecule has 1 aromatic carbocycles. The maximum atomic E-state index is 12.4. The molecule has 0 bridgehead atoms. The molecule has 132 valence electrons. The third kappa shape index (κ3) is 4.93. The van der Waals surface area contributed by atoms with Crippen LogP contribution in [0, 0.1) is 0 Å². The van der Waals surface area contributed by atoms with Crippen LogP contribution >= 0.6 is 0 Å². The molecule has 0 saturated heterocycles. The zero-order chi connectivity index (χ0) is 17.7. The molecule has 1 amide bonds. The predicted molar refractivity (Wildman–Crippen MR) is 85.3 cm³/mol. The largest absolute Gasteiger partial charge is 0.495 e. The average Bonchev–Trinajstić information content (AvgIpc) is 3.33. The number of benzene rings is 1. The van der Waals surface area contributed by atoms with Crippen LogP contribution < -0.4 is 14.8 Å². The zero-order valence-corrected chi connectivity index (χ0v) is 14.3. The van der Waals surface area contributed by atoms with Gasteiger partial charge in [0.15, 0.2) is 0 Å². The molecule has 2 rings (SSSR count). The molecule has 0 spiro atoms. The molecule has 2 N–H and O–H groups in total. The number of methoxy groups -OCH3 is 1. The molecule has 0 unspecified atom stereocenters. The number of nitrogens with one attached hydrogen (secondary N) is 2. The standard InChI is InChI=1S/C15H20N2O6S/c1-10(18)16-7-8-23-15(19)11-3-6-13(22-2)14(9-11)24(20,21)17-12-4-5-12/h3,6,9,12,17H,4-5,7-8H2,1-2H3,(H,16,18). The predicted octanol–water partition coefficient (Wildman–Crippen LogP) is 0.429. The Labute approximate surface area is 140 Å². The normalized spacial score (nSPS) is 14.1. The van der Waals surface area contributed by atoms with Crippen LogP contribution in [0.5, 0.6) is 5.75 Å². The van der Waals surface area contributed by atoms with Crippen molar-refractivity contribution in [1.29, 1.82) is 0 Å². The van der Waals surface area contributed by atoms with Crippen molar-refractivity contribution in [2.75, 3.05) is 20.3 Å². The summed E-state index contributed by atoms with van der Waals surface area (Å²) in [6, 6.07) is 4.00. The first-order valence-corrected chi connectivity index (χ1v) is 8.93. The number of hydrogen-bond acceptors (Lipinski definition) is 6. The SMILES string of the molecule is COc1ccc(C(=O)OCCNC(C)=O)cc1S(=O)(=O)NC1CC1. The molecule has 0 aromatic heterocycles. The fraction of sp³-hybridized carbons (Fsp3) is 0.467. The van der Waals surface area contributed by atoms with Gasteiger partial charge in [-0.3, -0.25) is 4.79 Å². The van der Waals surface area contributed by atoms with Gasteiger partial charge in [0, 0.05) is 13.0 Å². The summed E-state index contributed by atoms with van der Waals surface area (Å²) in [6.07, 6.45) is 1.60. The van der Waals surface area contributed by atoms with Crippen molar-refractivity contribution in [3.8, 4) is 5.75 Å². The minimum Gasteiger partial charge on any atom is -0.495 e. The average molecular weight is 356 g/mol. The van der Waals surface area contributed by atoms with Crippen molar-refractivity contribution in [2.24, 2.45) is 0 Å². The van der Waals surface area contributed by atoms with Crippen molar-refractivity contribution in [2.45, 2.75) is 30.7 Å². The van der Waals surface area contributed by atoms with Crippen molar-refractivity contribution in [3.63, 3.8) is 0 Å². The quantitative estimate of drug-likeness (QED) is 0.516. The highest BCUT2D eigenvalue weighted by Gasteiger charge is 2.30. The maximum Gasteiger partial charge on any atom is 0.338 e. The van der Waals surface area contributed by atoms with Crippen LogP contribution in [0.15, 0.2) is 23.1 Å². The Kier molecular flexibility index (Phi) is 5.79. The van der Waals surface area contributed by atoms with Crippen LogP contribution in [0.3, 0.4) is 0 Å². The molecule has 1 aliphatic carbocycles. The van der Waals surface area contributed by atoms with Crippen LogP contribution in [-0.2, 0) is 19.6 Å². The lowest BCUT2D eigenvalue weighted by Crippen LogP contribution is -2.27. The molecule has 0 radical (unpaired) electrons. The van der Waals surface area contributed by atoms with E-state index in [1.54, 1.807) is 0 Å². The smallest absolute Gasteiger partial charge is 0.338 e. The van der Waals surface area contributed by atoms with E-state index in [4.69, 9.17) is 9.47 Å². The molecule has 0 aliphatic heterocycles. The third-order valence-corrected chi connectivity index (χ3v) is 4.84. The second-order valence-corrected chi connectivity index (χ2v) is 7.06. The minimum absolute atomic E-state index is 0.00709. The first-order valence-electron chi connectivity index (χ1n) is 7.45. The van der Waals surface area contributed by atoms with Gasteiger partial charge in [-0.25, -0.2) is 17.9 Å². The summed E-state index contributed by atoms with van der Waals surface area (Å²) < 4.78 is 37.4. The maximum absolute atomic E-state index is 12.4. The molecule has 24 heavy (non-hydrogen) atoms. The van der Waals surface area contributed by atoms with E-state index >= 15 is 0 Å². The Morgan fingerprint density at radius 3 is 2.58 bits per heavy atom. The van der Waals surface area contributed by atoms with Gasteiger partial charge in [0.1, 0.15) is 17.3 Å². The molecule has 0 atom stereocenters. The van der Waals surface area contributed by atoms with Crippen LogP contribution in [0.1, 0.15) is 30.1 Å². The van der Waals surface area contributed by atoms with Gasteiger partial charge in [-0.15, -0.1) is 0 Å². The lowest BCUT2D eigenvalue weighted by molar-refractivity contribution is -0.119. The highest BCUT2D eigenvalue weighted by molar-refractivity contribution is 7.89. The summed E-state index contributed by atoms with van der Waals surface area (Å²) in [6.45, 7) is 1.54. The second kappa shape index (κ2) is 7.63. The molecular formula is C15H20N2O6S. The Morgan fingerprint density at radius 2 is 2.00 bits per heavy atom. The fourth-order valence-corrected chi connectivity index (χ4v) is 3.45. The lowest BCUT2D eigenvalue weighted by atomic mass is 10.2. The minimum atomic E-state index is -3.77. The van der Waals surface area contributed by atoms with Gasteiger partial charge in [0.25, 0.3) is 0 Å². The summed E-state index contributed by atoms with van der Waals surface area (Å²) >= 11 is 0. The summed E-state index contributed by atoms with van der Waals surface area (Å²) in [5.74, 6) is -0.751. The van der Waals surface area contributed by atoms with E-state index in [2.05, 4.69) is 10.0 Å². The van der Waals surface area contributed by atoms with Crippen molar-refractivity contribution in [1.82, 2.24) is 10.0 Å². The monoisotopic (exact) mass is 356 g/mol. The Hall–Kier alpha value is -2.13. The van der Waals surface area contributed by atoms with E-state index in [1.165, 1.54) is 32.2 Å². The van der Waals surface area contributed by atoms with Gasteiger partial charge in [-0.2, -0.15) is 0 Å². The Balaban J connectivity index is 2.12. The first-order chi connectivity index (χ1) is 11.3. The molecule has 9 heteroatoms. The topological polar surface area (TPSA) is 111 Å². The van der Waals surface area contributed by atoms with Crippen molar-refractivity contribution in [3.05, 3.63) is 23.8 Å². The molecule has 1 aliphatic rings. The number of esters is 1. The van der Waals surface area contributed by atoms with Crippen molar-refractivity contribution >= 4 is 21.9 Å². The van der Waals surface area contributed by atoms with E-state index in [-0.39, 0.29) is 41.3 Å². The third-order valence-electron chi connectivity index (χ3n) is 3.30. The van der Waals surface area contributed by atoms with Gasteiger partial charge in [0.05, 0.1) is 19.2 Å². The number of ether oxygens (including phenoxy) is 2. The summed E-state index contributed by atoms with van der Waals surface area (Å²) in [5, 5.41) is 2.49. The first kappa shape index (κ1) is 18.2. The fourth-order valence-electron chi connectivity index (χ4n) is 1.95. The van der Waals surface area contributed by atoms with Gasteiger partial charge in [-0.05, 0) is 31.0 Å². The number of carbonyl (C=O) groups excluding carboxylic acids is 2. The van der Waals surface area contributed by atoms with Gasteiger partial charge in [0.2, 0.25) is 15.9 Å². The number of amides is 1. The van der Waals surface area contributed by atoms with E-state index in [9.17, 15) is 18.0 Å². The molecular weight excluding hydrogens is 336 g/mol. The van der Waals surface area contributed by atoms with E-state index in [0.717, 1.165) is 12.8 Å². The number of hydrogen-bond donors (Lipinski definition) is 2. The number of sulfonamides is 1. The van der Waals surface area contributed by atoms with Crippen LogP contribution in [-0.4, -0.2) is 46.6 Å². The number of rotatable bonds is 8. The summed E-state index contributed by atoms with van der Waals surface area (Å²) in [7, 11) is -2.41. The van der Waals surface area contributed by atoms with E-state index in [1.807, 2.05) is 0 Å². The Bertz CT molecular complexity index is 727. The molecule has 8 nitrogen and oxygen atoms in total. The van der Waals surface area contributed by atoms with Gasteiger partial charge >= 0.3 is 5.97 Å². The van der Waals surface area contributed by atoms with Crippen molar-refractivity contribution < 1.29 is 27.5 Å². The second-order valence-electron chi connectivity index (χ2n) is 5.38. The van der Waals surface area contributed by atoms with Crippen LogP contribution in [0.2, 0.25) is 0 Å². The van der Waals surface area contributed by atoms with Crippen LogP contribution in [0.4, 0.5) is 0 Å². The van der Waals surface area contributed by atoms with Crippen LogP contribution in [0.25, 0.3) is 0 Å². The lowest BCUT2D eigenvalue weighted by Gasteiger charge is -2.12. The van der Waals surface area contributed by atoms with Gasteiger partial charge in [-0.1, -0.05) is 0 Å². The Morgan fingerprint density at radius 1 is 1.29 bits per heavy atom. The molecule has 1 aromatic rings. The zero-order valence-electron chi connectivity index (χ0n) is 13.5. The molecule has 0 heterocycles. The van der Waals surface area contributed by atoms with E-state index < -0.39 is 16.0 Å². The summed E-state index contributed by atoms with van der Waals surface area (Å²) in [5.41, 5.74) is 0.0924. The summed E-state index contributed by atoms with van der Waals surface area (Å²) in [4.78, 5) is 22.6. The molecule has 1 saturated carbocycles. The van der Waals surface area contributed by atoms with E-state index in [0.29, 0.717) is 0 Å². The highest BCUT2D eigenvalue weighted by Crippen LogP contribution is 2.28. The highest BCUT2D eigenvalue weighted by atomic mass is 32.2. The number of carbonyl (C=O) groups is 2. The van der Waals surface area contributed by atoms with Gasteiger partial charge < -0.3 is 14.8 Å². The molecule has 1 fully saturated rings.